The molecule has 0 radical (unpaired) electrons. The molecule has 0 saturated carbocycles. The summed E-state index contributed by atoms with van der Waals surface area (Å²) < 4.78 is 5.67. The van der Waals surface area contributed by atoms with Gasteiger partial charge in [0.1, 0.15) is 6.07 Å². The lowest BCUT2D eigenvalue weighted by Gasteiger charge is -1.98. The van der Waals surface area contributed by atoms with Gasteiger partial charge >= 0.3 is 0 Å². The molecule has 0 N–H and O–H groups in total. The number of rotatable bonds is 2. The SMILES string of the molecule is CC(C)Cc1onc(C#N)c1Br. The third-order valence-electron chi connectivity index (χ3n) is 1.40. The van der Waals surface area contributed by atoms with Crippen LogP contribution < -0.4 is 0 Å². The van der Waals surface area contributed by atoms with Crippen molar-refractivity contribution in [1.82, 2.24) is 5.16 Å². The Hall–Kier alpha value is -0.820. The number of aromatic nitrogens is 1. The van der Waals surface area contributed by atoms with Gasteiger partial charge < -0.3 is 4.52 Å². The molecule has 0 fully saturated rings. The van der Waals surface area contributed by atoms with Gasteiger partial charge in [0.15, 0.2) is 11.5 Å². The Balaban J connectivity index is 2.89. The van der Waals surface area contributed by atoms with Crippen LogP contribution >= 0.6 is 15.9 Å². The van der Waals surface area contributed by atoms with Crippen molar-refractivity contribution in [1.29, 1.82) is 5.26 Å². The number of nitrogens with zero attached hydrogens (tertiary/aromatic N) is 2. The number of nitriles is 1. The van der Waals surface area contributed by atoms with E-state index in [-0.39, 0.29) is 0 Å². The van der Waals surface area contributed by atoms with Crippen LogP contribution in [0.15, 0.2) is 9.00 Å². The van der Waals surface area contributed by atoms with E-state index >= 15 is 0 Å². The molecule has 12 heavy (non-hydrogen) atoms. The molecule has 0 atom stereocenters. The van der Waals surface area contributed by atoms with Crippen LogP contribution in [-0.2, 0) is 6.42 Å². The minimum Gasteiger partial charge on any atom is -0.359 e. The van der Waals surface area contributed by atoms with E-state index in [9.17, 15) is 0 Å². The lowest BCUT2D eigenvalue weighted by Crippen LogP contribution is -1.92. The summed E-state index contributed by atoms with van der Waals surface area (Å²) in [6.07, 6.45) is 0.801. The highest BCUT2D eigenvalue weighted by Crippen LogP contribution is 2.22. The fraction of sp³-hybridized carbons (Fsp3) is 0.500. The zero-order chi connectivity index (χ0) is 9.14. The molecule has 0 spiro atoms. The van der Waals surface area contributed by atoms with Crippen LogP contribution in [-0.4, -0.2) is 5.16 Å². The van der Waals surface area contributed by atoms with E-state index in [1.165, 1.54) is 0 Å². The van der Waals surface area contributed by atoms with Crippen LogP contribution in [0.4, 0.5) is 0 Å². The maximum atomic E-state index is 8.56. The normalized spacial score (nSPS) is 10.2. The predicted octanol–water partition coefficient (Wildman–Crippen LogP) is 2.51. The first kappa shape index (κ1) is 9.27. The Morgan fingerprint density at radius 1 is 1.67 bits per heavy atom. The molecule has 0 amide bonds. The maximum Gasteiger partial charge on any atom is 0.197 e. The van der Waals surface area contributed by atoms with E-state index in [1.807, 2.05) is 6.07 Å². The highest BCUT2D eigenvalue weighted by atomic mass is 79.9. The summed E-state index contributed by atoms with van der Waals surface area (Å²) in [4.78, 5) is 0. The minimum atomic E-state index is 0.325. The standard InChI is InChI=1S/C8H9BrN2O/c1-5(2)3-7-8(9)6(4-10)11-12-7/h5H,3H2,1-2H3. The third-order valence-corrected chi connectivity index (χ3v) is 2.22. The van der Waals surface area contributed by atoms with Crippen LogP contribution in [0.2, 0.25) is 0 Å². The smallest absolute Gasteiger partial charge is 0.197 e. The summed E-state index contributed by atoms with van der Waals surface area (Å²) in [6, 6.07) is 1.94. The van der Waals surface area contributed by atoms with E-state index in [1.54, 1.807) is 0 Å². The molecule has 64 valence electrons. The van der Waals surface area contributed by atoms with Gasteiger partial charge in [-0.3, -0.25) is 0 Å². The number of hydrogen-bond acceptors (Lipinski definition) is 3. The van der Waals surface area contributed by atoms with Gasteiger partial charge in [0.05, 0.1) is 4.47 Å². The van der Waals surface area contributed by atoms with Crippen molar-refractivity contribution in [2.45, 2.75) is 20.3 Å². The first-order chi connectivity index (χ1) is 5.65. The fourth-order valence-electron chi connectivity index (χ4n) is 0.880. The Bertz CT molecular complexity index is 311. The molecule has 3 nitrogen and oxygen atoms in total. The summed E-state index contributed by atoms with van der Waals surface area (Å²) in [6.45, 7) is 4.17. The summed E-state index contributed by atoms with van der Waals surface area (Å²) >= 11 is 3.26. The van der Waals surface area contributed by atoms with Gasteiger partial charge in [-0.25, -0.2) is 0 Å². The van der Waals surface area contributed by atoms with Crippen molar-refractivity contribution in [3.05, 3.63) is 15.9 Å². The Kier molecular flexibility index (Phi) is 2.88. The highest BCUT2D eigenvalue weighted by Gasteiger charge is 2.13. The van der Waals surface area contributed by atoms with Gasteiger partial charge in [0.2, 0.25) is 0 Å². The second-order valence-electron chi connectivity index (χ2n) is 2.98. The molecular weight excluding hydrogens is 220 g/mol. The third kappa shape index (κ3) is 1.86. The predicted molar refractivity (Wildman–Crippen MR) is 47.5 cm³/mol. The second kappa shape index (κ2) is 3.72. The lowest BCUT2D eigenvalue weighted by atomic mass is 10.1. The first-order valence-corrected chi connectivity index (χ1v) is 4.48. The van der Waals surface area contributed by atoms with Crippen molar-refractivity contribution in [3.63, 3.8) is 0 Å². The lowest BCUT2D eigenvalue weighted by molar-refractivity contribution is 0.366. The molecule has 0 aliphatic rings. The van der Waals surface area contributed by atoms with E-state index in [0.29, 0.717) is 16.1 Å². The molecule has 1 aromatic rings. The molecule has 1 rings (SSSR count). The zero-order valence-corrected chi connectivity index (χ0v) is 8.55. The molecule has 0 aromatic carbocycles. The summed E-state index contributed by atoms with van der Waals surface area (Å²) in [5.74, 6) is 1.25. The maximum absolute atomic E-state index is 8.56. The molecule has 0 aliphatic carbocycles. The molecule has 1 heterocycles. The monoisotopic (exact) mass is 228 g/mol. The Morgan fingerprint density at radius 3 is 2.75 bits per heavy atom. The summed E-state index contributed by atoms with van der Waals surface area (Å²) in [5.41, 5.74) is 0.325. The molecular formula is C8H9BrN2O. The van der Waals surface area contributed by atoms with E-state index < -0.39 is 0 Å². The van der Waals surface area contributed by atoms with Crippen molar-refractivity contribution < 1.29 is 4.52 Å². The Labute approximate surface area is 79.5 Å². The van der Waals surface area contributed by atoms with E-state index in [4.69, 9.17) is 9.78 Å². The van der Waals surface area contributed by atoms with Crippen molar-refractivity contribution in [2.24, 2.45) is 5.92 Å². The second-order valence-corrected chi connectivity index (χ2v) is 3.77. The van der Waals surface area contributed by atoms with Gasteiger partial charge in [-0.2, -0.15) is 5.26 Å². The number of halogens is 1. The van der Waals surface area contributed by atoms with E-state index in [2.05, 4.69) is 34.9 Å². The fourth-order valence-corrected chi connectivity index (χ4v) is 1.28. The molecule has 0 saturated heterocycles. The first-order valence-electron chi connectivity index (χ1n) is 3.69. The summed E-state index contributed by atoms with van der Waals surface area (Å²) in [7, 11) is 0. The Morgan fingerprint density at radius 2 is 2.33 bits per heavy atom. The average molecular weight is 229 g/mol. The molecule has 0 aliphatic heterocycles. The molecule has 1 aromatic heterocycles. The van der Waals surface area contributed by atoms with Crippen LogP contribution in [0.25, 0.3) is 0 Å². The van der Waals surface area contributed by atoms with Gasteiger partial charge in [0, 0.05) is 6.42 Å². The summed E-state index contributed by atoms with van der Waals surface area (Å²) in [5, 5.41) is 12.2. The van der Waals surface area contributed by atoms with Gasteiger partial charge in [-0.15, -0.1) is 0 Å². The average Bonchev–Trinajstić information content (AvgIpc) is 2.32. The van der Waals surface area contributed by atoms with Crippen molar-refractivity contribution in [3.8, 4) is 6.07 Å². The van der Waals surface area contributed by atoms with Gasteiger partial charge in [-0.1, -0.05) is 19.0 Å². The van der Waals surface area contributed by atoms with E-state index in [0.717, 1.165) is 12.2 Å². The minimum absolute atomic E-state index is 0.325. The van der Waals surface area contributed by atoms with Crippen molar-refractivity contribution in [2.75, 3.05) is 0 Å². The van der Waals surface area contributed by atoms with Crippen LogP contribution in [0, 0.1) is 17.2 Å². The van der Waals surface area contributed by atoms with Crippen molar-refractivity contribution >= 4 is 15.9 Å². The van der Waals surface area contributed by atoms with Crippen LogP contribution in [0.1, 0.15) is 25.3 Å². The highest BCUT2D eigenvalue weighted by molar-refractivity contribution is 9.10. The molecule has 0 bridgehead atoms. The van der Waals surface area contributed by atoms with Crippen LogP contribution in [0.5, 0.6) is 0 Å². The van der Waals surface area contributed by atoms with Crippen LogP contribution in [0.3, 0.4) is 0 Å². The number of hydrogen-bond donors (Lipinski definition) is 0. The quantitative estimate of drug-likeness (QED) is 0.782. The zero-order valence-electron chi connectivity index (χ0n) is 6.97. The largest absolute Gasteiger partial charge is 0.359 e. The topological polar surface area (TPSA) is 49.8 Å². The van der Waals surface area contributed by atoms with Gasteiger partial charge in [-0.05, 0) is 21.8 Å². The molecule has 0 unspecified atom stereocenters. The molecule has 4 heteroatoms. The van der Waals surface area contributed by atoms with Gasteiger partial charge in [0.25, 0.3) is 0 Å².